The van der Waals surface area contributed by atoms with E-state index in [4.69, 9.17) is 29.9 Å². The predicted octanol–water partition coefficient (Wildman–Crippen LogP) is 2.40. The molecule has 0 fully saturated rings. The van der Waals surface area contributed by atoms with Gasteiger partial charge in [0.1, 0.15) is 13.2 Å². The number of unbranched alkanes of at least 4 members (excludes halogenated alkanes) is 1. The molecule has 0 aromatic heterocycles. The van der Waals surface area contributed by atoms with Gasteiger partial charge in [0.25, 0.3) is 0 Å². The summed E-state index contributed by atoms with van der Waals surface area (Å²) < 4.78 is 11.2. The van der Waals surface area contributed by atoms with Gasteiger partial charge in [-0.05, 0) is 65.2 Å². The number of nitrogens with zero attached hydrogens (tertiary/aromatic N) is 4. The van der Waals surface area contributed by atoms with Gasteiger partial charge in [-0.3, -0.25) is 38.8 Å². The van der Waals surface area contributed by atoms with Crippen molar-refractivity contribution in [3.63, 3.8) is 0 Å². The summed E-state index contributed by atoms with van der Waals surface area (Å²) in [6, 6.07) is 0. The zero-order chi connectivity index (χ0) is 36.6. The molecule has 276 valence electrons. The number of aliphatic hydroxyl groups is 1. The van der Waals surface area contributed by atoms with E-state index in [0.29, 0.717) is 38.9 Å². The Morgan fingerprint density at radius 3 is 0.979 bits per heavy atom. The smallest absolute Gasteiger partial charge is 0.336 e. The van der Waals surface area contributed by atoms with Crippen LogP contribution in [-0.2, 0) is 33.4 Å². The summed E-state index contributed by atoms with van der Waals surface area (Å²) in [5.41, 5.74) is -2.74. The molecule has 47 heavy (non-hydrogen) atoms. The van der Waals surface area contributed by atoms with Gasteiger partial charge in [-0.1, -0.05) is 55.4 Å². The highest BCUT2D eigenvalue weighted by Gasteiger charge is 2.40. The number of carboxylic acid groups (broad SMARTS) is 3. The van der Waals surface area contributed by atoms with Crippen molar-refractivity contribution in [2.75, 3.05) is 65.6 Å². The molecule has 4 N–H and O–H groups in total. The number of likely N-dealkylation sites (N-methyl/N-ethyl adjacent to an activating group) is 4. The Morgan fingerprint density at radius 1 is 0.532 bits per heavy atom. The van der Waals surface area contributed by atoms with Crippen LogP contribution in [0.3, 0.4) is 0 Å². The van der Waals surface area contributed by atoms with Crippen LogP contribution in [0.25, 0.3) is 0 Å². The minimum absolute atomic E-state index is 0.105. The van der Waals surface area contributed by atoms with Gasteiger partial charge in [0.15, 0.2) is 5.60 Å². The van der Waals surface area contributed by atoms with Gasteiger partial charge in [0, 0.05) is 12.8 Å². The average Bonchev–Trinajstić information content (AvgIpc) is 3.01. The topological polar surface area (TPSA) is 198 Å². The molecule has 0 aromatic rings. The van der Waals surface area contributed by atoms with Gasteiger partial charge in [0.05, 0.1) is 25.2 Å². The first-order valence-corrected chi connectivity index (χ1v) is 16.8. The van der Waals surface area contributed by atoms with Gasteiger partial charge < -0.3 is 29.9 Å². The summed E-state index contributed by atoms with van der Waals surface area (Å²) in [5.74, 6) is -5.41. The predicted molar refractivity (Wildman–Crippen MR) is 177 cm³/mol. The molecule has 0 rings (SSSR count). The minimum Gasteiger partial charge on any atom is -0.481 e. The molecule has 15 heteroatoms. The number of esters is 2. The van der Waals surface area contributed by atoms with Crippen molar-refractivity contribution >= 4 is 29.8 Å². The Morgan fingerprint density at radius 2 is 0.787 bits per heavy atom. The number of rotatable bonds is 26. The van der Waals surface area contributed by atoms with E-state index in [-0.39, 0.29) is 24.3 Å². The highest BCUT2D eigenvalue weighted by Crippen LogP contribution is 2.16. The number of aliphatic carboxylic acids is 3. The first-order chi connectivity index (χ1) is 22.1. The second-order valence-electron chi connectivity index (χ2n) is 10.9. The largest absolute Gasteiger partial charge is 0.481 e. The van der Waals surface area contributed by atoms with Crippen LogP contribution in [0, 0.1) is 0 Å². The molecule has 0 aliphatic rings. The van der Waals surface area contributed by atoms with Gasteiger partial charge in [-0.15, -0.1) is 0 Å². The summed E-state index contributed by atoms with van der Waals surface area (Å²) in [6.45, 7) is 25.2. The quantitative estimate of drug-likeness (QED) is 0.0591. The van der Waals surface area contributed by atoms with Gasteiger partial charge in [-0.25, -0.2) is 4.79 Å². The van der Waals surface area contributed by atoms with E-state index in [9.17, 15) is 24.0 Å². The Labute approximate surface area is 280 Å². The van der Waals surface area contributed by atoms with Crippen molar-refractivity contribution in [3.05, 3.63) is 0 Å². The molecular weight excluding hydrogens is 616 g/mol. The SMILES string of the molecule is CCN(CC)C(COC(=O)CCCCC(=O)OCC(N(CC)CC)N(CC)CC)N(CC)CC.O=C(O)CC(O)(CC(=O)O)C(=O)O. The van der Waals surface area contributed by atoms with Crippen LogP contribution < -0.4 is 0 Å². The maximum absolute atomic E-state index is 12.3. The van der Waals surface area contributed by atoms with Gasteiger partial charge in [0.2, 0.25) is 0 Å². The Kier molecular flexibility index (Phi) is 25.7. The Balaban J connectivity index is 0. The van der Waals surface area contributed by atoms with Gasteiger partial charge >= 0.3 is 29.8 Å². The second kappa shape index (κ2) is 26.1. The molecule has 15 nitrogen and oxygen atoms in total. The second-order valence-corrected chi connectivity index (χ2v) is 10.9. The van der Waals surface area contributed by atoms with Crippen LogP contribution in [0.2, 0.25) is 0 Å². The molecule has 0 bridgehead atoms. The third-order valence-corrected chi connectivity index (χ3v) is 8.02. The number of hydrogen-bond donors (Lipinski definition) is 4. The maximum Gasteiger partial charge on any atom is 0.336 e. The van der Waals surface area contributed by atoms with Crippen LogP contribution in [0.4, 0.5) is 0 Å². The number of carbonyl (C=O) groups excluding carboxylic acids is 2. The van der Waals surface area contributed by atoms with Crippen molar-refractivity contribution in [2.24, 2.45) is 0 Å². The summed E-state index contributed by atoms with van der Waals surface area (Å²) in [6.07, 6.45) is -0.156. The molecular formula is C32H62N4O11. The van der Waals surface area contributed by atoms with E-state index in [1.807, 2.05) is 0 Å². The molecule has 0 spiro atoms. The van der Waals surface area contributed by atoms with E-state index in [2.05, 4.69) is 75.0 Å². The van der Waals surface area contributed by atoms with Crippen LogP contribution >= 0.6 is 0 Å². The molecule has 0 aliphatic heterocycles. The van der Waals surface area contributed by atoms with Crippen molar-refractivity contribution in [2.45, 2.75) is 112 Å². The van der Waals surface area contributed by atoms with E-state index < -0.39 is 36.4 Å². The highest BCUT2D eigenvalue weighted by molar-refractivity contribution is 5.88. The third kappa shape index (κ3) is 18.9. The molecule has 0 radical (unpaired) electrons. The first-order valence-electron chi connectivity index (χ1n) is 16.8. The lowest BCUT2D eigenvalue weighted by atomic mass is 9.96. The van der Waals surface area contributed by atoms with Gasteiger partial charge in [-0.2, -0.15) is 0 Å². The van der Waals surface area contributed by atoms with Crippen LogP contribution in [-0.4, -0.2) is 153 Å². The van der Waals surface area contributed by atoms with Crippen LogP contribution in [0.1, 0.15) is 93.9 Å². The molecule has 0 saturated heterocycles. The standard InChI is InChI=1S/C26H54N4O4.C6H8O7/c1-9-27(10-2)23(28(11-3)12-4)21-33-25(31)19-17-18-20-26(32)34-22-24(29(13-5)14-6)30(15-7)16-8;7-3(8)1-6(13,5(11)12)2-4(9)10/h23-24H,9-22H2,1-8H3;13H,1-2H2,(H,7,8)(H,9,10)(H,11,12). The lowest BCUT2D eigenvalue weighted by Gasteiger charge is -2.37. The van der Waals surface area contributed by atoms with E-state index in [1.54, 1.807) is 0 Å². The fourth-order valence-electron chi connectivity index (χ4n) is 5.20. The van der Waals surface area contributed by atoms with Crippen molar-refractivity contribution < 1.29 is 53.9 Å². The Hall–Kier alpha value is -2.85. The summed E-state index contributed by atoms with van der Waals surface area (Å²) in [5, 5.41) is 33.8. The summed E-state index contributed by atoms with van der Waals surface area (Å²) in [4.78, 5) is 64.4. The number of ether oxygens (including phenoxy) is 2. The maximum atomic E-state index is 12.3. The average molecular weight is 679 g/mol. The molecule has 0 atom stereocenters. The molecule has 0 saturated carbocycles. The van der Waals surface area contributed by atoms with Crippen molar-refractivity contribution in [3.8, 4) is 0 Å². The normalized spacial score (nSPS) is 11.7. The van der Waals surface area contributed by atoms with Crippen molar-refractivity contribution in [1.82, 2.24) is 19.6 Å². The fraction of sp³-hybridized carbons (Fsp3) is 0.844. The Bertz CT molecular complexity index is 819. The fourth-order valence-corrected chi connectivity index (χ4v) is 5.20. The number of hydrogen-bond acceptors (Lipinski definition) is 12. The summed E-state index contributed by atoms with van der Waals surface area (Å²) in [7, 11) is 0. The monoisotopic (exact) mass is 678 g/mol. The molecule has 0 aromatic carbocycles. The molecule has 0 heterocycles. The van der Waals surface area contributed by atoms with Crippen molar-refractivity contribution in [1.29, 1.82) is 0 Å². The zero-order valence-corrected chi connectivity index (χ0v) is 29.9. The van der Waals surface area contributed by atoms with E-state index in [0.717, 1.165) is 52.4 Å². The van der Waals surface area contributed by atoms with E-state index >= 15 is 0 Å². The highest BCUT2D eigenvalue weighted by atomic mass is 16.5. The van der Waals surface area contributed by atoms with Crippen LogP contribution in [0.15, 0.2) is 0 Å². The molecule has 0 aliphatic carbocycles. The molecule has 0 amide bonds. The minimum atomic E-state index is -2.74. The number of carboxylic acids is 3. The zero-order valence-electron chi connectivity index (χ0n) is 29.9. The van der Waals surface area contributed by atoms with Crippen LogP contribution in [0.5, 0.6) is 0 Å². The van der Waals surface area contributed by atoms with E-state index in [1.165, 1.54) is 0 Å². The first kappa shape index (κ1) is 46.3. The lowest BCUT2D eigenvalue weighted by Crippen LogP contribution is -2.51. The molecule has 0 unspecified atom stereocenters. The number of carbonyl (C=O) groups is 5. The lowest BCUT2D eigenvalue weighted by molar-refractivity contribution is -0.170. The third-order valence-electron chi connectivity index (χ3n) is 8.02. The summed E-state index contributed by atoms with van der Waals surface area (Å²) >= 11 is 0.